The van der Waals surface area contributed by atoms with Gasteiger partial charge in [0, 0.05) is 0 Å². The van der Waals surface area contributed by atoms with E-state index < -0.39 is 31.3 Å². The zero-order valence-electron chi connectivity index (χ0n) is 9.55. The van der Waals surface area contributed by atoms with E-state index in [1.807, 2.05) is 0 Å². The van der Waals surface area contributed by atoms with Gasteiger partial charge in [0.2, 0.25) is 0 Å². The molecule has 0 rings (SSSR count). The minimum atomic E-state index is -5.39. The van der Waals surface area contributed by atoms with Crippen LogP contribution >= 0.6 is 31.3 Å². The summed E-state index contributed by atoms with van der Waals surface area (Å²) in [7, 11) is -21.6. The number of hydrogen-bond donors (Lipinski definition) is 0. The second kappa shape index (κ2) is 19.3. The largest absolute Gasteiger partial charge is 4.00 e. The summed E-state index contributed by atoms with van der Waals surface area (Å²) in [5, 5.41) is 0. The van der Waals surface area contributed by atoms with Gasteiger partial charge in [-0.3, -0.25) is 0 Å². The maximum Gasteiger partial charge on any atom is 4.00 e. The topological polar surface area (TPSA) is 345 Å². The van der Waals surface area contributed by atoms with Gasteiger partial charge in [-0.05, 0) is 0 Å². The minimum absolute atomic E-state index is 0. The van der Waals surface area contributed by atoms with E-state index in [1.54, 1.807) is 0 Å². The van der Waals surface area contributed by atoms with Crippen molar-refractivity contribution in [3.05, 3.63) is 0 Å². The Hall–Kier alpha value is 2.50. The molecule has 0 aliphatic rings. The van der Waals surface area contributed by atoms with Crippen molar-refractivity contribution in [3.8, 4) is 0 Å². The minimum Gasteiger partial charge on any atom is -0.822 e. The SMILES string of the molecule is O=P([O-])([O-])[O-].O=P([O-])([O-])[O-].O=P([O-])([O-])[O-].O=P([O-])([O-])[O-].[Mo+4].[Mo+4].[Mo+4]. The van der Waals surface area contributed by atoms with Crippen molar-refractivity contribution < 1.29 is 140 Å². The number of rotatable bonds is 0. The quantitative estimate of drug-likeness (QED) is 0.171. The molecular formula is Mo3O16P4. The molecule has 0 bridgehead atoms. The Kier molecular flexibility index (Phi) is 37.5. The molecule has 0 saturated heterocycles. The molecule has 0 N–H and O–H groups in total. The predicted molar refractivity (Wildman–Crippen MR) is 30.4 cm³/mol. The zero-order chi connectivity index (χ0) is 18.0. The van der Waals surface area contributed by atoms with Crippen LogP contribution in [0.25, 0.3) is 0 Å². The first-order valence-corrected chi connectivity index (χ1v) is 8.76. The molecule has 0 aromatic rings. The molecule has 0 aliphatic heterocycles. The van der Waals surface area contributed by atoms with E-state index in [-0.39, 0.29) is 63.2 Å². The summed E-state index contributed by atoms with van der Waals surface area (Å²) in [6, 6.07) is 0. The van der Waals surface area contributed by atoms with Crippen LogP contribution < -0.4 is 58.7 Å². The third-order valence-corrected chi connectivity index (χ3v) is 0. The van der Waals surface area contributed by atoms with Gasteiger partial charge in [-0.25, -0.2) is 0 Å². The van der Waals surface area contributed by atoms with Gasteiger partial charge < -0.3 is 77.0 Å². The van der Waals surface area contributed by atoms with E-state index in [2.05, 4.69) is 0 Å². The molecule has 0 spiro atoms. The second-order valence-corrected chi connectivity index (χ2v) is 5.37. The van der Waals surface area contributed by atoms with Crippen LogP contribution in [0.4, 0.5) is 0 Å². The molecule has 16 nitrogen and oxygen atoms in total. The van der Waals surface area contributed by atoms with Crippen molar-refractivity contribution in [2.45, 2.75) is 0 Å². The van der Waals surface area contributed by atoms with E-state index in [0.717, 1.165) is 0 Å². The number of hydrogen-bond acceptors (Lipinski definition) is 16. The maximum atomic E-state index is 8.55. The van der Waals surface area contributed by atoms with Crippen LogP contribution in [-0.4, -0.2) is 0 Å². The molecule has 0 unspecified atom stereocenters. The van der Waals surface area contributed by atoms with E-state index in [1.165, 1.54) is 0 Å². The molecule has 0 amide bonds. The summed E-state index contributed by atoms with van der Waals surface area (Å²) < 4.78 is 34.2. The standard InChI is InChI=1S/3Mo.4H3O4P/c;;;4*1-5(2,3)4/h;;;4*(H3,1,2,3,4)/q3*+4;;;;/p-12. The van der Waals surface area contributed by atoms with Gasteiger partial charge in [0.1, 0.15) is 0 Å². The van der Waals surface area contributed by atoms with Crippen LogP contribution in [0.3, 0.4) is 0 Å². The van der Waals surface area contributed by atoms with Gasteiger partial charge in [-0.2, -0.15) is 31.3 Å². The molecular weight excluding hydrogens is 668 g/mol. The molecule has 134 valence electrons. The monoisotopic (exact) mass is 674 g/mol. The van der Waals surface area contributed by atoms with Crippen molar-refractivity contribution >= 4 is 31.3 Å². The Morgan fingerprint density at radius 1 is 0.304 bits per heavy atom. The summed E-state index contributed by atoms with van der Waals surface area (Å²) in [6.45, 7) is 0. The van der Waals surface area contributed by atoms with Crippen LogP contribution in [0.5, 0.6) is 0 Å². The van der Waals surface area contributed by atoms with Crippen molar-refractivity contribution in [1.29, 1.82) is 0 Å². The van der Waals surface area contributed by atoms with Crippen molar-refractivity contribution in [2.75, 3.05) is 0 Å². The first-order chi connectivity index (χ1) is 8.00. The van der Waals surface area contributed by atoms with Crippen molar-refractivity contribution in [1.82, 2.24) is 0 Å². The normalized spacial score (nSPS) is 10.3. The van der Waals surface area contributed by atoms with E-state index in [9.17, 15) is 0 Å². The van der Waals surface area contributed by atoms with Crippen LogP contribution in [0, 0.1) is 0 Å². The van der Waals surface area contributed by atoms with Gasteiger partial charge in [0.15, 0.2) is 0 Å². The second-order valence-electron chi connectivity index (χ2n) is 1.79. The van der Waals surface area contributed by atoms with Crippen LogP contribution in [0.2, 0.25) is 0 Å². The summed E-state index contributed by atoms with van der Waals surface area (Å²) in [5.41, 5.74) is 0. The van der Waals surface area contributed by atoms with Crippen LogP contribution in [0.15, 0.2) is 0 Å². The Morgan fingerprint density at radius 3 is 0.304 bits per heavy atom. The van der Waals surface area contributed by atoms with E-state index in [0.29, 0.717) is 0 Å². The van der Waals surface area contributed by atoms with Crippen LogP contribution in [-0.2, 0) is 81.5 Å². The van der Waals surface area contributed by atoms with Gasteiger partial charge in [-0.15, -0.1) is 0 Å². The molecule has 0 aromatic carbocycles. The zero-order valence-corrected chi connectivity index (χ0v) is 19.1. The average Bonchev–Trinajstić information content (AvgIpc) is 1.62. The molecule has 23 heavy (non-hydrogen) atoms. The molecule has 0 aromatic heterocycles. The molecule has 0 radical (unpaired) electrons. The maximum absolute atomic E-state index is 8.55. The smallest absolute Gasteiger partial charge is 0.822 e. The number of phosphoric acid groups is 4. The van der Waals surface area contributed by atoms with Gasteiger partial charge in [0.25, 0.3) is 0 Å². The molecule has 0 atom stereocenters. The Bertz CT molecular complexity index is 292. The Morgan fingerprint density at radius 2 is 0.304 bits per heavy atom. The fourth-order valence-corrected chi connectivity index (χ4v) is 0. The van der Waals surface area contributed by atoms with Crippen molar-refractivity contribution in [3.63, 3.8) is 0 Å². The molecule has 0 heterocycles. The van der Waals surface area contributed by atoms with E-state index >= 15 is 0 Å². The Labute approximate surface area is 170 Å². The summed E-state index contributed by atoms with van der Waals surface area (Å²) >= 11 is 0. The summed E-state index contributed by atoms with van der Waals surface area (Å²) in [6.07, 6.45) is 0. The van der Waals surface area contributed by atoms with E-state index in [4.69, 9.17) is 77.0 Å². The molecule has 0 aliphatic carbocycles. The van der Waals surface area contributed by atoms with Crippen LogP contribution in [0.1, 0.15) is 0 Å². The molecule has 0 fully saturated rings. The predicted octanol–water partition coefficient (Wildman–Crippen LogP) is -11.3. The van der Waals surface area contributed by atoms with Gasteiger partial charge in [-0.1, -0.05) is 0 Å². The third-order valence-electron chi connectivity index (χ3n) is 0. The molecule has 23 heteroatoms. The third kappa shape index (κ3) is 1980. The molecule has 0 saturated carbocycles. The van der Waals surface area contributed by atoms with Crippen molar-refractivity contribution in [2.24, 2.45) is 0 Å². The van der Waals surface area contributed by atoms with Gasteiger partial charge >= 0.3 is 63.2 Å². The first kappa shape index (κ1) is 44.7. The first-order valence-electron chi connectivity index (χ1n) is 2.92. The Balaban J connectivity index is -0.0000000284. The van der Waals surface area contributed by atoms with Gasteiger partial charge in [0.05, 0.1) is 0 Å². The average molecular weight is 668 g/mol. The fraction of sp³-hybridized carbons (Fsp3) is 0. The summed E-state index contributed by atoms with van der Waals surface area (Å²) in [5.74, 6) is 0. The summed E-state index contributed by atoms with van der Waals surface area (Å²) in [4.78, 5) is 103. The fourth-order valence-electron chi connectivity index (χ4n) is 0.